The van der Waals surface area contributed by atoms with Crippen LogP contribution in [0.15, 0.2) is 18.2 Å². The summed E-state index contributed by atoms with van der Waals surface area (Å²) in [6.07, 6.45) is 6.33. The van der Waals surface area contributed by atoms with E-state index in [1.54, 1.807) is 0 Å². The first-order chi connectivity index (χ1) is 10.5. The maximum atomic E-state index is 13.6. The van der Waals surface area contributed by atoms with Crippen LogP contribution in [-0.2, 0) is 4.79 Å². The molecule has 6 heteroatoms. The lowest BCUT2D eigenvalue weighted by atomic mass is 9.94. The van der Waals surface area contributed by atoms with Gasteiger partial charge >= 0.3 is 0 Å². The van der Waals surface area contributed by atoms with E-state index in [1.165, 1.54) is 31.5 Å². The van der Waals surface area contributed by atoms with E-state index in [1.807, 2.05) is 11.8 Å². The molecular formula is C16H21FN2O2S. The molecule has 0 spiro atoms. The molecule has 0 aliphatic heterocycles. The molecule has 2 N–H and O–H groups in total. The monoisotopic (exact) mass is 324 g/mol. The lowest BCUT2D eigenvalue weighted by Gasteiger charge is -2.28. The number of rotatable bonds is 4. The second-order valence-corrected chi connectivity index (χ2v) is 6.71. The number of anilines is 1. The van der Waals surface area contributed by atoms with Crippen LogP contribution in [0.3, 0.4) is 0 Å². The van der Waals surface area contributed by atoms with Gasteiger partial charge in [0.1, 0.15) is 5.82 Å². The number of carbonyl (C=O) groups is 2. The van der Waals surface area contributed by atoms with Crippen molar-refractivity contribution in [3.05, 3.63) is 29.6 Å². The van der Waals surface area contributed by atoms with Crippen molar-refractivity contribution in [2.45, 2.75) is 43.9 Å². The molecule has 2 rings (SSSR count). The minimum Gasteiger partial charge on any atom is -0.349 e. The first-order valence-corrected chi connectivity index (χ1v) is 8.69. The summed E-state index contributed by atoms with van der Waals surface area (Å²) in [5.74, 6) is -1.14. The van der Waals surface area contributed by atoms with Crippen LogP contribution in [0.25, 0.3) is 0 Å². The van der Waals surface area contributed by atoms with Crippen LogP contribution in [-0.4, -0.2) is 29.4 Å². The Balaban J connectivity index is 2.04. The molecule has 0 aromatic heterocycles. The Kier molecular flexibility index (Phi) is 5.83. The molecule has 0 saturated heterocycles. The van der Waals surface area contributed by atoms with E-state index in [0.29, 0.717) is 10.8 Å². The van der Waals surface area contributed by atoms with Crippen LogP contribution >= 0.6 is 11.8 Å². The van der Waals surface area contributed by atoms with E-state index in [4.69, 9.17) is 0 Å². The van der Waals surface area contributed by atoms with Crippen LogP contribution < -0.4 is 10.6 Å². The van der Waals surface area contributed by atoms with Gasteiger partial charge in [0.05, 0.1) is 5.69 Å². The third kappa shape index (κ3) is 4.47. The van der Waals surface area contributed by atoms with Gasteiger partial charge in [0.15, 0.2) is 0 Å². The Morgan fingerprint density at radius 1 is 1.32 bits per heavy atom. The number of carbonyl (C=O) groups excluding carboxylic acids is 2. The SMILES string of the molecule is CS[C@@H]1CCC[C@H](NC(=O)c2ccc(F)c(NC(C)=O)c2)C1. The molecule has 0 bridgehead atoms. The predicted molar refractivity (Wildman–Crippen MR) is 87.7 cm³/mol. The highest BCUT2D eigenvalue weighted by Gasteiger charge is 2.23. The van der Waals surface area contributed by atoms with E-state index in [9.17, 15) is 14.0 Å². The molecule has 1 aliphatic carbocycles. The molecule has 1 aliphatic rings. The summed E-state index contributed by atoms with van der Waals surface area (Å²) in [5, 5.41) is 5.99. The number of amides is 2. The molecule has 1 aromatic rings. The lowest BCUT2D eigenvalue weighted by Crippen LogP contribution is -2.39. The fraction of sp³-hybridized carbons (Fsp3) is 0.500. The Morgan fingerprint density at radius 2 is 2.09 bits per heavy atom. The summed E-state index contributed by atoms with van der Waals surface area (Å²) < 4.78 is 13.6. The van der Waals surface area contributed by atoms with Gasteiger partial charge in [-0.05, 0) is 43.7 Å². The molecule has 1 saturated carbocycles. The van der Waals surface area contributed by atoms with Gasteiger partial charge in [-0.25, -0.2) is 4.39 Å². The van der Waals surface area contributed by atoms with Crippen molar-refractivity contribution in [3.8, 4) is 0 Å². The van der Waals surface area contributed by atoms with Gasteiger partial charge in [-0.1, -0.05) is 6.42 Å². The maximum absolute atomic E-state index is 13.6. The Morgan fingerprint density at radius 3 is 2.77 bits per heavy atom. The lowest BCUT2D eigenvalue weighted by molar-refractivity contribution is -0.114. The number of benzene rings is 1. The third-order valence-corrected chi connectivity index (χ3v) is 4.93. The first kappa shape index (κ1) is 16.8. The molecular weight excluding hydrogens is 303 g/mol. The van der Waals surface area contributed by atoms with Crippen molar-refractivity contribution < 1.29 is 14.0 Å². The zero-order valence-electron chi connectivity index (χ0n) is 12.8. The smallest absolute Gasteiger partial charge is 0.251 e. The van der Waals surface area contributed by atoms with Crippen molar-refractivity contribution in [2.75, 3.05) is 11.6 Å². The minimum atomic E-state index is -0.549. The van der Waals surface area contributed by atoms with E-state index >= 15 is 0 Å². The highest BCUT2D eigenvalue weighted by atomic mass is 32.2. The van der Waals surface area contributed by atoms with E-state index in [2.05, 4.69) is 16.9 Å². The number of halogens is 1. The van der Waals surface area contributed by atoms with E-state index in [0.717, 1.165) is 19.3 Å². The highest BCUT2D eigenvalue weighted by molar-refractivity contribution is 7.99. The second-order valence-electron chi connectivity index (χ2n) is 5.57. The van der Waals surface area contributed by atoms with Crippen LogP contribution in [0.1, 0.15) is 43.0 Å². The molecule has 0 heterocycles. The van der Waals surface area contributed by atoms with Crippen molar-refractivity contribution in [1.82, 2.24) is 5.32 Å². The number of hydrogen-bond acceptors (Lipinski definition) is 3. The maximum Gasteiger partial charge on any atom is 0.251 e. The van der Waals surface area contributed by atoms with Gasteiger partial charge in [0, 0.05) is 23.8 Å². The Bertz CT molecular complexity index is 565. The van der Waals surface area contributed by atoms with Crippen LogP contribution in [0.4, 0.5) is 10.1 Å². The van der Waals surface area contributed by atoms with Crippen LogP contribution in [0.5, 0.6) is 0 Å². The molecule has 1 aromatic carbocycles. The fourth-order valence-electron chi connectivity index (χ4n) is 2.71. The molecule has 2 amide bonds. The van der Waals surface area contributed by atoms with Crippen molar-refractivity contribution in [3.63, 3.8) is 0 Å². The third-order valence-electron chi connectivity index (χ3n) is 3.83. The zero-order valence-corrected chi connectivity index (χ0v) is 13.6. The van der Waals surface area contributed by atoms with Crippen LogP contribution in [0, 0.1) is 5.82 Å². The standard InChI is InChI=1S/C16H21FN2O2S/c1-10(20)18-15-8-11(6-7-14(15)17)16(21)19-12-4-3-5-13(9-12)22-2/h6-8,12-13H,3-5,9H2,1-2H3,(H,18,20)(H,19,21)/t12-,13+/m0/s1. The van der Waals surface area contributed by atoms with Gasteiger partial charge in [-0.2, -0.15) is 11.8 Å². The largest absolute Gasteiger partial charge is 0.349 e. The van der Waals surface area contributed by atoms with Gasteiger partial charge in [0.2, 0.25) is 5.91 Å². The number of thioether (sulfide) groups is 1. The normalized spacial score (nSPS) is 21.2. The average molecular weight is 324 g/mol. The summed E-state index contributed by atoms with van der Waals surface area (Å²) in [4.78, 5) is 23.4. The Labute approximate surface area is 134 Å². The summed E-state index contributed by atoms with van der Waals surface area (Å²) in [5.41, 5.74) is 0.391. The fourth-order valence-corrected chi connectivity index (χ4v) is 3.54. The molecule has 22 heavy (non-hydrogen) atoms. The predicted octanol–water partition coefficient (Wildman–Crippen LogP) is 3.19. The molecule has 1 fully saturated rings. The molecule has 0 radical (unpaired) electrons. The van der Waals surface area contributed by atoms with Gasteiger partial charge in [0.25, 0.3) is 5.91 Å². The topological polar surface area (TPSA) is 58.2 Å². The quantitative estimate of drug-likeness (QED) is 0.894. The molecule has 2 atom stereocenters. The number of hydrogen-bond donors (Lipinski definition) is 2. The highest BCUT2D eigenvalue weighted by Crippen LogP contribution is 2.27. The van der Waals surface area contributed by atoms with Crippen molar-refractivity contribution >= 4 is 29.3 Å². The average Bonchev–Trinajstić information content (AvgIpc) is 2.49. The Hall–Kier alpha value is -1.56. The zero-order chi connectivity index (χ0) is 16.1. The summed E-state index contributed by atoms with van der Waals surface area (Å²) in [6.45, 7) is 1.30. The van der Waals surface area contributed by atoms with E-state index in [-0.39, 0.29) is 23.5 Å². The number of nitrogens with one attached hydrogen (secondary N) is 2. The van der Waals surface area contributed by atoms with Gasteiger partial charge in [-0.3, -0.25) is 9.59 Å². The summed E-state index contributed by atoms with van der Waals surface area (Å²) in [6, 6.07) is 4.17. The first-order valence-electron chi connectivity index (χ1n) is 7.40. The molecule has 120 valence electrons. The second kappa shape index (κ2) is 7.63. The molecule has 4 nitrogen and oxygen atoms in total. The van der Waals surface area contributed by atoms with Crippen LogP contribution in [0.2, 0.25) is 0 Å². The summed E-state index contributed by atoms with van der Waals surface area (Å²) >= 11 is 1.84. The summed E-state index contributed by atoms with van der Waals surface area (Å²) in [7, 11) is 0. The van der Waals surface area contributed by atoms with Gasteiger partial charge < -0.3 is 10.6 Å². The molecule has 0 unspecified atom stereocenters. The van der Waals surface area contributed by atoms with Crippen molar-refractivity contribution in [2.24, 2.45) is 0 Å². The van der Waals surface area contributed by atoms with Crippen molar-refractivity contribution in [1.29, 1.82) is 0 Å². The van der Waals surface area contributed by atoms with E-state index < -0.39 is 5.82 Å². The van der Waals surface area contributed by atoms with Gasteiger partial charge in [-0.15, -0.1) is 0 Å². The minimum absolute atomic E-state index is 0.0331.